The topological polar surface area (TPSA) is 34.1 Å². The molecule has 0 spiro atoms. The van der Waals surface area contributed by atoms with Crippen LogP contribution in [0.5, 0.6) is 0 Å². The number of hydrogen-bond donors (Lipinski definition) is 0. The first-order valence-corrected chi connectivity index (χ1v) is 25.4. The van der Waals surface area contributed by atoms with Gasteiger partial charge in [0.25, 0.3) is 0 Å². The zero-order chi connectivity index (χ0) is 30.2. The van der Waals surface area contributed by atoms with Crippen molar-refractivity contribution < 1.29 is 9.13 Å². The second-order valence-corrected chi connectivity index (χ2v) is 31.2. The standard InChI is InChI=1S/C37H31O2P3Se2/c38-41(31-19-7-1-8-20-31,32-21-9-2-10-22-32)37(42(39,33-23-11-3-12-24-33)34-25-13-4-14-26-34)40(43-35-27-15-5-16-28-35)44-36-29-17-6-18-30-36/h1-30,37H. The number of hydrogen-bond acceptors (Lipinski definition) is 2. The Morgan fingerprint density at radius 3 is 0.841 bits per heavy atom. The van der Waals surface area contributed by atoms with Crippen molar-refractivity contribution in [2.45, 2.75) is 5.14 Å². The fraction of sp³-hybridized carbons (Fsp3) is 0.0270. The van der Waals surface area contributed by atoms with Gasteiger partial charge in [-0.3, -0.25) is 0 Å². The molecule has 0 saturated carbocycles. The first-order valence-electron chi connectivity index (χ1n) is 14.3. The molecule has 6 rings (SSSR count). The summed E-state index contributed by atoms with van der Waals surface area (Å²) in [6, 6.07) is 60.6. The van der Waals surface area contributed by atoms with E-state index in [0.29, 0.717) is 0 Å². The summed E-state index contributed by atoms with van der Waals surface area (Å²) in [5.41, 5.74) is 0. The van der Waals surface area contributed by atoms with Gasteiger partial charge < -0.3 is 0 Å². The van der Waals surface area contributed by atoms with Gasteiger partial charge in [0, 0.05) is 0 Å². The van der Waals surface area contributed by atoms with Gasteiger partial charge in [0.15, 0.2) is 0 Å². The van der Waals surface area contributed by atoms with Crippen molar-refractivity contribution in [3.8, 4) is 0 Å². The van der Waals surface area contributed by atoms with Crippen LogP contribution in [0, 0.1) is 0 Å². The van der Waals surface area contributed by atoms with Crippen LogP contribution in [0.4, 0.5) is 0 Å². The van der Waals surface area contributed by atoms with E-state index < -0.39 is 24.7 Å². The summed E-state index contributed by atoms with van der Waals surface area (Å²) in [6.07, 6.45) is 0. The van der Waals surface area contributed by atoms with Crippen molar-refractivity contribution in [1.29, 1.82) is 0 Å². The molecule has 0 aliphatic carbocycles. The Labute approximate surface area is 273 Å². The van der Waals surface area contributed by atoms with Crippen molar-refractivity contribution in [2.75, 3.05) is 0 Å². The molecule has 0 saturated heterocycles. The van der Waals surface area contributed by atoms with E-state index in [-0.39, 0.29) is 29.0 Å². The van der Waals surface area contributed by atoms with Crippen LogP contribution in [0.3, 0.4) is 0 Å². The number of rotatable bonds is 11. The molecular formula is C37H31O2P3Se2. The summed E-state index contributed by atoms with van der Waals surface area (Å²) in [5.74, 6) is 0. The van der Waals surface area contributed by atoms with Gasteiger partial charge in [0.1, 0.15) is 0 Å². The molecule has 6 aromatic carbocycles. The SMILES string of the molecule is O=P(c1ccccc1)(c1ccccc1)C(P([Se]c1ccccc1)[Se]c1ccccc1)P(=O)(c1ccccc1)c1ccccc1. The van der Waals surface area contributed by atoms with E-state index in [9.17, 15) is 0 Å². The van der Waals surface area contributed by atoms with Crippen molar-refractivity contribution >= 4 is 78.8 Å². The Morgan fingerprint density at radius 2 is 0.591 bits per heavy atom. The molecule has 6 aromatic rings. The van der Waals surface area contributed by atoms with E-state index in [1.54, 1.807) is 0 Å². The van der Waals surface area contributed by atoms with Gasteiger partial charge in [-0.05, 0) is 0 Å². The second kappa shape index (κ2) is 14.6. The molecule has 0 aliphatic heterocycles. The first-order chi connectivity index (χ1) is 21.6. The second-order valence-electron chi connectivity index (χ2n) is 10.1. The van der Waals surface area contributed by atoms with Gasteiger partial charge >= 0.3 is 275 Å². The molecule has 0 fully saturated rings. The van der Waals surface area contributed by atoms with Gasteiger partial charge in [-0.25, -0.2) is 0 Å². The Bertz CT molecular complexity index is 1630. The molecule has 0 radical (unpaired) electrons. The third kappa shape index (κ3) is 6.60. The molecule has 44 heavy (non-hydrogen) atoms. The normalized spacial score (nSPS) is 12.0. The Hall–Kier alpha value is -2.75. The van der Waals surface area contributed by atoms with Crippen LogP contribution in [0.15, 0.2) is 182 Å². The molecule has 0 aliphatic rings. The quantitative estimate of drug-likeness (QED) is 0.109. The molecule has 0 N–H and O–H groups in total. The maximum atomic E-state index is 16.6. The van der Waals surface area contributed by atoms with E-state index in [1.165, 1.54) is 8.92 Å². The van der Waals surface area contributed by atoms with E-state index in [0.717, 1.165) is 21.2 Å². The Morgan fingerprint density at radius 1 is 0.364 bits per heavy atom. The van der Waals surface area contributed by atoms with Crippen LogP contribution < -0.4 is 30.1 Å². The van der Waals surface area contributed by atoms with Crippen molar-refractivity contribution in [2.24, 2.45) is 0 Å². The first kappa shape index (κ1) is 31.2. The zero-order valence-corrected chi connectivity index (χ0v) is 30.0. The van der Waals surface area contributed by atoms with E-state index in [1.807, 2.05) is 133 Å². The average Bonchev–Trinajstić information content (AvgIpc) is 3.10. The van der Waals surface area contributed by atoms with E-state index in [2.05, 4.69) is 48.5 Å². The predicted molar refractivity (Wildman–Crippen MR) is 194 cm³/mol. The fourth-order valence-electron chi connectivity index (χ4n) is 5.21. The fourth-order valence-corrected chi connectivity index (χ4v) is 43.4. The molecule has 0 heterocycles. The van der Waals surface area contributed by atoms with Gasteiger partial charge in [-0.2, -0.15) is 0 Å². The molecule has 0 bridgehead atoms. The molecule has 0 unspecified atom stereocenters. The van der Waals surface area contributed by atoms with E-state index in [4.69, 9.17) is 0 Å². The third-order valence-corrected chi connectivity index (χ3v) is 37.1. The van der Waals surface area contributed by atoms with E-state index >= 15 is 9.13 Å². The zero-order valence-electron chi connectivity index (χ0n) is 23.9. The van der Waals surface area contributed by atoms with Gasteiger partial charge in [0.2, 0.25) is 0 Å². The van der Waals surface area contributed by atoms with Crippen molar-refractivity contribution in [1.82, 2.24) is 0 Å². The molecular weight excluding hydrogens is 727 g/mol. The summed E-state index contributed by atoms with van der Waals surface area (Å²) in [7, 11) is -7.04. The Balaban J connectivity index is 1.71. The van der Waals surface area contributed by atoms with Crippen molar-refractivity contribution in [3.05, 3.63) is 182 Å². The van der Waals surface area contributed by atoms with Crippen LogP contribution in [-0.4, -0.2) is 34.2 Å². The minimum atomic E-state index is -3.52. The van der Waals surface area contributed by atoms with Crippen molar-refractivity contribution in [3.63, 3.8) is 0 Å². The average molecular weight is 758 g/mol. The van der Waals surface area contributed by atoms with Gasteiger partial charge in [0.05, 0.1) is 0 Å². The predicted octanol–water partition coefficient (Wildman–Crippen LogP) is 6.67. The van der Waals surface area contributed by atoms with Gasteiger partial charge in [-0.1, -0.05) is 0 Å². The Kier molecular flexibility index (Phi) is 10.3. The molecule has 7 heteroatoms. The molecule has 0 atom stereocenters. The van der Waals surface area contributed by atoms with Crippen LogP contribution >= 0.6 is 19.6 Å². The summed E-state index contributed by atoms with van der Waals surface area (Å²) in [6.45, 7) is 0. The van der Waals surface area contributed by atoms with Crippen LogP contribution in [0.1, 0.15) is 0 Å². The monoisotopic (exact) mass is 760 g/mol. The molecule has 218 valence electrons. The molecule has 0 aromatic heterocycles. The summed E-state index contributed by atoms with van der Waals surface area (Å²) >= 11 is -0.120. The molecule has 2 nitrogen and oxygen atoms in total. The van der Waals surface area contributed by atoms with Crippen LogP contribution in [0.25, 0.3) is 0 Å². The summed E-state index contributed by atoms with van der Waals surface area (Å²) < 4.78 is 35.7. The van der Waals surface area contributed by atoms with Crippen LogP contribution in [-0.2, 0) is 9.13 Å². The summed E-state index contributed by atoms with van der Waals surface area (Å²) in [4.78, 5) is 0. The molecule has 0 amide bonds. The maximum absolute atomic E-state index is 16.6. The number of benzene rings is 6. The van der Waals surface area contributed by atoms with Crippen LogP contribution in [0.2, 0.25) is 0 Å². The summed E-state index contributed by atoms with van der Waals surface area (Å²) in [5, 5.41) is 1.42. The third-order valence-electron chi connectivity index (χ3n) is 7.28. The van der Waals surface area contributed by atoms with Gasteiger partial charge in [-0.15, -0.1) is 0 Å². The minimum absolute atomic E-state index is 0.0600.